The van der Waals surface area contributed by atoms with Gasteiger partial charge >= 0.3 is 0 Å². The van der Waals surface area contributed by atoms with Crippen LogP contribution in [0.1, 0.15) is 32.1 Å². The van der Waals surface area contributed by atoms with Crippen molar-refractivity contribution < 1.29 is 4.79 Å². The Morgan fingerprint density at radius 1 is 1.15 bits per heavy atom. The highest BCUT2D eigenvalue weighted by Gasteiger charge is 2.48. The first kappa shape index (κ1) is 20.9. The minimum absolute atomic E-state index is 0.109. The predicted octanol–water partition coefficient (Wildman–Crippen LogP) is 3.56. The Balaban J connectivity index is 1.39. The van der Waals surface area contributed by atoms with Gasteiger partial charge in [0.1, 0.15) is 12.0 Å². The molecule has 2 aliphatic heterocycles. The Morgan fingerprint density at radius 3 is 2.91 bits per heavy atom. The lowest BCUT2D eigenvalue weighted by molar-refractivity contribution is -0.144. The summed E-state index contributed by atoms with van der Waals surface area (Å²) in [6, 6.07) is 12.5. The normalized spacial score (nSPS) is 20.1. The highest BCUT2D eigenvalue weighted by atomic mass is 16.2. The molecule has 2 N–H and O–H groups in total. The standard InChI is InChI=1S/C26H27N7O/c27-11-10-26(15-32(16-26)25(34)21-7-2-1-5-12-28-21)33-14-20(18-6-3-4-8-22(18)33)23-19-9-13-29-24(19)31-17-30-23/h3-4,6,8-9,13-14,17,21,28H,1-2,5,7,10,12,15-16H2,(H,29,30,31). The number of amides is 1. The topological polar surface area (TPSA) is 103 Å². The number of aromatic nitrogens is 4. The van der Waals surface area contributed by atoms with Crippen LogP contribution >= 0.6 is 0 Å². The number of carbonyl (C=O) groups excluding carboxylic acids is 1. The molecule has 5 heterocycles. The monoisotopic (exact) mass is 453 g/mol. The molecule has 2 aliphatic rings. The van der Waals surface area contributed by atoms with E-state index < -0.39 is 5.54 Å². The van der Waals surface area contributed by atoms with E-state index in [1.54, 1.807) is 6.33 Å². The third-order valence-electron chi connectivity index (χ3n) is 7.38. The van der Waals surface area contributed by atoms with Crippen LogP contribution in [-0.4, -0.2) is 56.0 Å². The molecule has 34 heavy (non-hydrogen) atoms. The summed E-state index contributed by atoms with van der Waals surface area (Å²) < 4.78 is 2.21. The van der Waals surface area contributed by atoms with E-state index in [-0.39, 0.29) is 11.9 Å². The van der Waals surface area contributed by atoms with E-state index in [2.05, 4.69) is 49.2 Å². The molecule has 3 aromatic heterocycles. The van der Waals surface area contributed by atoms with E-state index in [1.165, 1.54) is 6.42 Å². The molecule has 8 heteroatoms. The Kier molecular flexibility index (Phi) is 5.07. The molecule has 2 fully saturated rings. The van der Waals surface area contributed by atoms with E-state index in [0.29, 0.717) is 19.5 Å². The van der Waals surface area contributed by atoms with E-state index >= 15 is 0 Å². The lowest BCUT2D eigenvalue weighted by Crippen LogP contribution is -2.66. The first-order chi connectivity index (χ1) is 16.7. The molecule has 1 aromatic carbocycles. The molecule has 1 amide bonds. The van der Waals surface area contributed by atoms with Crippen LogP contribution in [0.2, 0.25) is 0 Å². The van der Waals surface area contributed by atoms with Gasteiger partial charge in [-0.25, -0.2) is 9.97 Å². The van der Waals surface area contributed by atoms with Gasteiger partial charge in [-0.05, 0) is 31.5 Å². The first-order valence-corrected chi connectivity index (χ1v) is 12.0. The van der Waals surface area contributed by atoms with Gasteiger partial charge in [0, 0.05) is 47.3 Å². The number of likely N-dealkylation sites (tertiary alicyclic amines) is 1. The average molecular weight is 454 g/mol. The van der Waals surface area contributed by atoms with Gasteiger partial charge in [-0.2, -0.15) is 5.26 Å². The van der Waals surface area contributed by atoms with Crippen molar-refractivity contribution in [2.45, 2.75) is 43.7 Å². The van der Waals surface area contributed by atoms with Crippen molar-refractivity contribution in [2.24, 2.45) is 0 Å². The van der Waals surface area contributed by atoms with Gasteiger partial charge in [-0.3, -0.25) is 4.79 Å². The molecule has 2 saturated heterocycles. The highest BCUT2D eigenvalue weighted by molar-refractivity contribution is 6.02. The van der Waals surface area contributed by atoms with Crippen molar-refractivity contribution in [1.29, 1.82) is 5.26 Å². The van der Waals surface area contributed by atoms with Crippen molar-refractivity contribution in [1.82, 2.24) is 29.7 Å². The zero-order chi connectivity index (χ0) is 23.1. The largest absolute Gasteiger partial charge is 0.346 e. The zero-order valence-electron chi connectivity index (χ0n) is 19.0. The quantitative estimate of drug-likeness (QED) is 0.492. The second-order valence-electron chi connectivity index (χ2n) is 9.50. The first-order valence-electron chi connectivity index (χ1n) is 12.0. The number of rotatable bonds is 4. The summed E-state index contributed by atoms with van der Waals surface area (Å²) in [5.41, 5.74) is 3.27. The van der Waals surface area contributed by atoms with Crippen LogP contribution in [0.5, 0.6) is 0 Å². The van der Waals surface area contributed by atoms with Gasteiger partial charge in [0.25, 0.3) is 0 Å². The van der Waals surface area contributed by atoms with E-state index in [4.69, 9.17) is 0 Å². The van der Waals surface area contributed by atoms with Crippen LogP contribution in [0.4, 0.5) is 0 Å². The second kappa shape index (κ2) is 8.26. The summed E-state index contributed by atoms with van der Waals surface area (Å²) in [7, 11) is 0. The molecule has 0 radical (unpaired) electrons. The lowest BCUT2D eigenvalue weighted by atomic mass is 9.85. The Morgan fingerprint density at radius 2 is 2.03 bits per heavy atom. The van der Waals surface area contributed by atoms with Crippen LogP contribution in [0.15, 0.2) is 49.1 Å². The molecule has 1 atom stereocenters. The van der Waals surface area contributed by atoms with E-state index in [0.717, 1.165) is 59.0 Å². The summed E-state index contributed by atoms with van der Waals surface area (Å²) in [5.74, 6) is 0.164. The predicted molar refractivity (Wildman–Crippen MR) is 130 cm³/mol. The fraction of sp³-hybridized carbons (Fsp3) is 0.385. The fourth-order valence-corrected chi connectivity index (χ4v) is 5.62. The summed E-state index contributed by atoms with van der Waals surface area (Å²) in [6.07, 6.45) is 10.2. The maximum atomic E-state index is 13.2. The Bertz CT molecular complexity index is 1400. The number of para-hydroxylation sites is 1. The second-order valence-corrected chi connectivity index (χ2v) is 9.50. The number of aromatic amines is 1. The lowest BCUT2D eigenvalue weighted by Gasteiger charge is -2.51. The van der Waals surface area contributed by atoms with Gasteiger partial charge in [0.2, 0.25) is 5.91 Å². The molecular formula is C26H27N7O. The SMILES string of the molecule is N#CCC1(n2cc(-c3ncnc4[nH]ccc34)c3ccccc32)CN(C(=O)C2CCCCCN2)C1. The average Bonchev–Trinajstić information content (AvgIpc) is 3.37. The Labute approximate surface area is 197 Å². The Hall–Kier alpha value is -3.70. The summed E-state index contributed by atoms with van der Waals surface area (Å²) in [6.45, 7) is 1.98. The number of nitriles is 1. The van der Waals surface area contributed by atoms with Crippen LogP contribution < -0.4 is 5.32 Å². The van der Waals surface area contributed by atoms with Crippen molar-refractivity contribution in [3.8, 4) is 17.3 Å². The number of hydrogen-bond donors (Lipinski definition) is 2. The van der Waals surface area contributed by atoms with Gasteiger partial charge < -0.3 is 19.8 Å². The zero-order valence-corrected chi connectivity index (χ0v) is 19.0. The van der Waals surface area contributed by atoms with Gasteiger partial charge in [0.05, 0.1) is 29.8 Å². The number of H-pyrrole nitrogens is 1. The van der Waals surface area contributed by atoms with Crippen molar-refractivity contribution >= 4 is 27.8 Å². The number of fused-ring (bicyclic) bond motifs is 2. The third kappa shape index (κ3) is 3.27. The van der Waals surface area contributed by atoms with Crippen LogP contribution in [0, 0.1) is 11.3 Å². The molecule has 4 aromatic rings. The number of nitrogens with one attached hydrogen (secondary N) is 2. The molecule has 8 nitrogen and oxygen atoms in total. The molecule has 0 saturated carbocycles. The maximum Gasteiger partial charge on any atom is 0.239 e. The van der Waals surface area contributed by atoms with Crippen LogP contribution in [0.25, 0.3) is 33.2 Å². The number of hydrogen-bond acceptors (Lipinski definition) is 5. The van der Waals surface area contributed by atoms with E-state index in [1.807, 2.05) is 29.3 Å². The molecule has 0 spiro atoms. The van der Waals surface area contributed by atoms with Gasteiger partial charge in [0.15, 0.2) is 0 Å². The smallest absolute Gasteiger partial charge is 0.239 e. The summed E-state index contributed by atoms with van der Waals surface area (Å²) >= 11 is 0. The van der Waals surface area contributed by atoms with Gasteiger partial charge in [-0.15, -0.1) is 0 Å². The summed E-state index contributed by atoms with van der Waals surface area (Å²) in [4.78, 5) is 27.2. The van der Waals surface area contributed by atoms with E-state index in [9.17, 15) is 10.1 Å². The van der Waals surface area contributed by atoms with Crippen LogP contribution in [-0.2, 0) is 10.3 Å². The maximum absolute atomic E-state index is 13.2. The molecule has 6 rings (SSSR count). The molecule has 0 aliphatic carbocycles. The molecular weight excluding hydrogens is 426 g/mol. The minimum atomic E-state index is -0.447. The van der Waals surface area contributed by atoms with Crippen molar-refractivity contribution in [2.75, 3.05) is 19.6 Å². The highest BCUT2D eigenvalue weighted by Crippen LogP contribution is 2.41. The van der Waals surface area contributed by atoms with Gasteiger partial charge in [-0.1, -0.05) is 31.0 Å². The molecule has 0 bridgehead atoms. The summed E-state index contributed by atoms with van der Waals surface area (Å²) in [5, 5.41) is 15.2. The third-order valence-corrected chi connectivity index (χ3v) is 7.38. The number of nitrogens with zero attached hydrogens (tertiary/aromatic N) is 5. The fourth-order valence-electron chi connectivity index (χ4n) is 5.62. The van der Waals surface area contributed by atoms with Crippen LogP contribution in [0.3, 0.4) is 0 Å². The number of benzene rings is 1. The number of carbonyl (C=O) groups is 1. The molecule has 1 unspecified atom stereocenters. The van der Waals surface area contributed by atoms with Crippen molar-refractivity contribution in [3.05, 3.63) is 49.1 Å². The van der Waals surface area contributed by atoms with Crippen molar-refractivity contribution in [3.63, 3.8) is 0 Å². The molecule has 172 valence electrons. The minimum Gasteiger partial charge on any atom is -0.346 e.